The number of hydrogen-bond acceptors (Lipinski definition) is 3. The lowest BCUT2D eigenvalue weighted by Gasteiger charge is -2.28. The van der Waals surface area contributed by atoms with Crippen LogP contribution < -0.4 is 5.73 Å². The summed E-state index contributed by atoms with van der Waals surface area (Å²) in [6, 6.07) is 7.27. The highest BCUT2D eigenvalue weighted by Crippen LogP contribution is 2.20. The van der Waals surface area contributed by atoms with Gasteiger partial charge in [0.25, 0.3) is 0 Å². The Morgan fingerprint density at radius 2 is 1.72 bits per heavy atom. The topological polar surface area (TPSA) is 63.4 Å². The summed E-state index contributed by atoms with van der Waals surface area (Å²) in [4.78, 5) is 0. The number of rotatable bonds is 5. The van der Waals surface area contributed by atoms with Gasteiger partial charge in [-0.3, -0.25) is 0 Å². The standard InChI is InChI=1S/C13H22N2O2S/c1-10(2)15(18(16,17)11(3)4)9-12-7-5-6-8-13(12)14/h5-8,10-11H,9,14H2,1-4H3. The molecule has 1 aromatic rings. The van der Waals surface area contributed by atoms with Gasteiger partial charge >= 0.3 is 0 Å². The molecule has 0 aliphatic heterocycles. The predicted octanol–water partition coefficient (Wildman–Crippen LogP) is 2.22. The van der Waals surface area contributed by atoms with E-state index >= 15 is 0 Å². The summed E-state index contributed by atoms with van der Waals surface area (Å²) < 4.78 is 26.0. The molecule has 102 valence electrons. The molecule has 0 saturated carbocycles. The van der Waals surface area contributed by atoms with Gasteiger partial charge in [-0.2, -0.15) is 4.31 Å². The fourth-order valence-electron chi connectivity index (χ4n) is 1.68. The van der Waals surface area contributed by atoms with Gasteiger partial charge in [0, 0.05) is 18.3 Å². The molecule has 1 rings (SSSR count). The second kappa shape index (κ2) is 5.71. The van der Waals surface area contributed by atoms with Crippen molar-refractivity contribution in [2.45, 2.75) is 45.5 Å². The Balaban J connectivity index is 3.07. The van der Waals surface area contributed by atoms with Gasteiger partial charge < -0.3 is 5.73 Å². The first-order valence-corrected chi connectivity index (χ1v) is 7.61. The molecular weight excluding hydrogens is 248 g/mol. The zero-order valence-corrected chi connectivity index (χ0v) is 12.2. The molecule has 0 amide bonds. The molecule has 0 unspecified atom stereocenters. The van der Waals surface area contributed by atoms with Crippen LogP contribution in [0.1, 0.15) is 33.3 Å². The zero-order valence-electron chi connectivity index (χ0n) is 11.4. The van der Waals surface area contributed by atoms with Crippen LogP contribution in [0, 0.1) is 0 Å². The van der Waals surface area contributed by atoms with E-state index < -0.39 is 15.3 Å². The van der Waals surface area contributed by atoms with Crippen LogP contribution in [0.25, 0.3) is 0 Å². The summed E-state index contributed by atoms with van der Waals surface area (Å²) in [5.41, 5.74) is 7.34. The van der Waals surface area contributed by atoms with Gasteiger partial charge in [-0.15, -0.1) is 0 Å². The van der Waals surface area contributed by atoms with Crippen LogP contribution in [0.3, 0.4) is 0 Å². The molecule has 0 aliphatic carbocycles. The largest absolute Gasteiger partial charge is 0.398 e. The molecule has 2 N–H and O–H groups in total. The Kier molecular flexibility index (Phi) is 4.76. The molecule has 18 heavy (non-hydrogen) atoms. The van der Waals surface area contributed by atoms with Crippen LogP contribution in [0.2, 0.25) is 0 Å². The van der Waals surface area contributed by atoms with E-state index in [1.807, 2.05) is 32.0 Å². The molecule has 1 aromatic carbocycles. The van der Waals surface area contributed by atoms with Crippen molar-refractivity contribution in [3.05, 3.63) is 29.8 Å². The van der Waals surface area contributed by atoms with E-state index in [0.717, 1.165) is 5.56 Å². The molecular formula is C13H22N2O2S. The summed E-state index contributed by atoms with van der Waals surface area (Å²) in [5.74, 6) is 0. The van der Waals surface area contributed by atoms with Crippen molar-refractivity contribution in [2.75, 3.05) is 5.73 Å². The van der Waals surface area contributed by atoms with Gasteiger partial charge in [0.15, 0.2) is 0 Å². The summed E-state index contributed by atoms with van der Waals surface area (Å²) in [6.45, 7) is 7.46. The number of anilines is 1. The van der Waals surface area contributed by atoms with E-state index in [4.69, 9.17) is 5.73 Å². The molecule has 0 radical (unpaired) electrons. The van der Waals surface area contributed by atoms with E-state index in [9.17, 15) is 8.42 Å². The van der Waals surface area contributed by atoms with Crippen LogP contribution in [0.4, 0.5) is 5.69 Å². The molecule has 0 atom stereocenters. The van der Waals surface area contributed by atoms with E-state index in [2.05, 4.69) is 0 Å². The Hall–Kier alpha value is -1.07. The fourth-order valence-corrected chi connectivity index (χ4v) is 3.13. The quantitative estimate of drug-likeness (QED) is 0.834. The minimum absolute atomic E-state index is 0.0861. The summed E-state index contributed by atoms with van der Waals surface area (Å²) in [7, 11) is -3.28. The number of benzene rings is 1. The van der Waals surface area contributed by atoms with Crippen molar-refractivity contribution in [1.82, 2.24) is 4.31 Å². The first kappa shape index (κ1) is 15.0. The van der Waals surface area contributed by atoms with Crippen LogP contribution >= 0.6 is 0 Å². The normalized spacial score (nSPS) is 12.6. The lowest BCUT2D eigenvalue weighted by molar-refractivity contribution is 0.345. The van der Waals surface area contributed by atoms with Crippen LogP contribution in [0.5, 0.6) is 0 Å². The average Bonchev–Trinajstić information content (AvgIpc) is 2.26. The number of nitrogens with two attached hydrogens (primary N) is 1. The Labute approximate surface area is 110 Å². The van der Waals surface area contributed by atoms with Crippen molar-refractivity contribution in [2.24, 2.45) is 0 Å². The third kappa shape index (κ3) is 3.23. The van der Waals surface area contributed by atoms with Crippen molar-refractivity contribution in [1.29, 1.82) is 0 Å². The first-order valence-electron chi connectivity index (χ1n) is 6.11. The molecule has 0 saturated heterocycles. The number of nitrogen functional groups attached to an aromatic ring is 1. The Morgan fingerprint density at radius 3 is 2.17 bits per heavy atom. The molecule has 0 spiro atoms. The molecule has 4 nitrogen and oxygen atoms in total. The van der Waals surface area contributed by atoms with Gasteiger partial charge in [0.2, 0.25) is 10.0 Å². The summed E-state index contributed by atoms with van der Waals surface area (Å²) in [5, 5.41) is -0.426. The first-order chi connectivity index (χ1) is 8.26. The smallest absolute Gasteiger partial charge is 0.216 e. The molecule has 0 heterocycles. The van der Waals surface area contributed by atoms with Crippen molar-refractivity contribution in [3.63, 3.8) is 0 Å². The zero-order chi connectivity index (χ0) is 13.9. The third-order valence-electron chi connectivity index (χ3n) is 2.88. The average molecular weight is 270 g/mol. The second-order valence-electron chi connectivity index (χ2n) is 4.93. The summed E-state index contributed by atoms with van der Waals surface area (Å²) >= 11 is 0. The lowest BCUT2D eigenvalue weighted by atomic mass is 10.2. The van der Waals surface area contributed by atoms with E-state index in [0.29, 0.717) is 12.2 Å². The van der Waals surface area contributed by atoms with Gasteiger partial charge in [-0.1, -0.05) is 18.2 Å². The maximum Gasteiger partial charge on any atom is 0.216 e. The van der Waals surface area contributed by atoms with E-state index in [1.54, 1.807) is 19.9 Å². The lowest BCUT2D eigenvalue weighted by Crippen LogP contribution is -2.40. The molecule has 0 fully saturated rings. The highest BCUT2D eigenvalue weighted by atomic mass is 32.2. The van der Waals surface area contributed by atoms with Crippen molar-refractivity contribution >= 4 is 15.7 Å². The minimum atomic E-state index is -3.28. The maximum atomic E-state index is 12.3. The maximum absolute atomic E-state index is 12.3. The molecule has 0 aromatic heterocycles. The van der Waals surface area contributed by atoms with E-state index in [-0.39, 0.29) is 6.04 Å². The summed E-state index contributed by atoms with van der Waals surface area (Å²) in [6.07, 6.45) is 0. The minimum Gasteiger partial charge on any atom is -0.398 e. The highest BCUT2D eigenvalue weighted by molar-refractivity contribution is 7.89. The molecule has 5 heteroatoms. The monoisotopic (exact) mass is 270 g/mol. The number of nitrogens with zero attached hydrogens (tertiary/aromatic N) is 1. The fraction of sp³-hybridized carbons (Fsp3) is 0.538. The molecule has 0 bridgehead atoms. The van der Waals surface area contributed by atoms with Gasteiger partial charge in [0.05, 0.1) is 5.25 Å². The Morgan fingerprint density at radius 1 is 1.17 bits per heavy atom. The van der Waals surface area contributed by atoms with Gasteiger partial charge in [-0.05, 0) is 39.3 Å². The third-order valence-corrected chi connectivity index (χ3v) is 5.28. The van der Waals surface area contributed by atoms with Gasteiger partial charge in [0.1, 0.15) is 0 Å². The SMILES string of the molecule is CC(C)N(Cc1ccccc1N)S(=O)(=O)C(C)C. The van der Waals surface area contributed by atoms with Crippen molar-refractivity contribution < 1.29 is 8.42 Å². The van der Waals surface area contributed by atoms with Crippen LogP contribution in [0.15, 0.2) is 24.3 Å². The van der Waals surface area contributed by atoms with Crippen molar-refractivity contribution in [3.8, 4) is 0 Å². The van der Waals surface area contributed by atoms with E-state index in [1.165, 1.54) is 4.31 Å². The number of hydrogen-bond donors (Lipinski definition) is 1. The number of sulfonamides is 1. The van der Waals surface area contributed by atoms with Crippen LogP contribution in [-0.2, 0) is 16.6 Å². The predicted molar refractivity (Wildman–Crippen MR) is 75.6 cm³/mol. The second-order valence-corrected chi connectivity index (χ2v) is 7.37. The number of para-hydroxylation sites is 1. The Bertz CT molecular complexity index is 495. The highest BCUT2D eigenvalue weighted by Gasteiger charge is 2.28. The van der Waals surface area contributed by atoms with Gasteiger partial charge in [-0.25, -0.2) is 8.42 Å². The van der Waals surface area contributed by atoms with Crippen LogP contribution in [-0.4, -0.2) is 24.0 Å². The molecule has 0 aliphatic rings.